The number of nitro groups is 1. The normalized spacial score (nSPS) is 16.1. The van der Waals surface area contributed by atoms with Crippen molar-refractivity contribution in [3.05, 3.63) is 39.7 Å². The number of nitrogens with one attached hydrogen (secondary N) is 1. The summed E-state index contributed by atoms with van der Waals surface area (Å²) in [5, 5.41) is 20.3. The van der Waals surface area contributed by atoms with Crippen molar-refractivity contribution in [1.82, 2.24) is 4.72 Å². The highest BCUT2D eigenvalue weighted by Crippen LogP contribution is 2.33. The first-order valence-electron chi connectivity index (χ1n) is 8.24. The maximum atomic E-state index is 14.6. The molecule has 2 atom stereocenters. The third-order valence-electron chi connectivity index (χ3n) is 4.15. The minimum absolute atomic E-state index is 0.323. The predicted octanol–water partition coefficient (Wildman–Crippen LogP) is 2.72. The molecular weight excluding hydrogens is 409 g/mol. The summed E-state index contributed by atoms with van der Waals surface area (Å²) in [7, 11) is -4.15. The second-order valence-electron chi connectivity index (χ2n) is 8.12. The monoisotopic (exact) mass is 433 g/mol. The maximum Gasteiger partial charge on any atom is 0.269 e. The van der Waals surface area contributed by atoms with E-state index in [-0.39, 0.29) is 5.56 Å². The molecule has 0 bridgehead atoms. The number of hydrogen-bond donors (Lipinski definition) is 1. The minimum atomic E-state index is -4.15. The summed E-state index contributed by atoms with van der Waals surface area (Å²) < 4.78 is 52.9. The fourth-order valence-corrected chi connectivity index (χ4v) is 4.68. The Hall–Kier alpha value is -1.74. The van der Waals surface area contributed by atoms with Gasteiger partial charge < -0.3 is 4.55 Å². The average Bonchev–Trinajstić information content (AvgIpc) is 2.53. The molecule has 1 N–H and O–H groups in total. The third kappa shape index (κ3) is 5.20. The second kappa shape index (κ2) is 7.94. The van der Waals surface area contributed by atoms with Gasteiger partial charge in [-0.05, 0) is 47.6 Å². The van der Waals surface area contributed by atoms with Crippen LogP contribution in [0.1, 0.15) is 47.1 Å². The van der Waals surface area contributed by atoms with Crippen molar-refractivity contribution < 1.29 is 22.3 Å². The van der Waals surface area contributed by atoms with Crippen molar-refractivity contribution in [2.45, 2.75) is 56.6 Å². The van der Waals surface area contributed by atoms with Gasteiger partial charge in [-0.25, -0.2) is 12.8 Å². The number of sulfone groups is 1. The molecule has 0 aliphatic carbocycles. The van der Waals surface area contributed by atoms with Gasteiger partial charge in [-0.1, -0.05) is 0 Å². The van der Waals surface area contributed by atoms with E-state index in [1.807, 2.05) is 0 Å². The van der Waals surface area contributed by atoms with Gasteiger partial charge in [-0.2, -0.15) is 5.26 Å². The summed E-state index contributed by atoms with van der Waals surface area (Å²) in [6.45, 7) is 8.60. The van der Waals surface area contributed by atoms with Crippen LogP contribution in [0.15, 0.2) is 18.2 Å². The quantitative estimate of drug-likeness (QED) is 0.396. The highest BCUT2D eigenvalue weighted by Gasteiger charge is 2.46. The van der Waals surface area contributed by atoms with E-state index < -0.39 is 58.4 Å². The first kappa shape index (κ1) is 24.3. The topological polar surface area (TPSA) is 136 Å². The van der Waals surface area contributed by atoms with Crippen molar-refractivity contribution in [2.75, 3.05) is 5.75 Å². The highest BCUT2D eigenvalue weighted by molar-refractivity contribution is 7.93. The molecule has 156 valence electrons. The molecule has 0 unspecified atom stereocenters. The Kier molecular flexibility index (Phi) is 6.89. The largest absolute Gasteiger partial charge is 0.598 e. The molecule has 28 heavy (non-hydrogen) atoms. The van der Waals surface area contributed by atoms with Gasteiger partial charge in [0.05, 0.1) is 16.7 Å². The van der Waals surface area contributed by atoms with E-state index in [1.54, 1.807) is 26.8 Å². The molecule has 1 aromatic rings. The van der Waals surface area contributed by atoms with E-state index >= 15 is 0 Å². The lowest BCUT2D eigenvalue weighted by Crippen LogP contribution is -2.55. The summed E-state index contributed by atoms with van der Waals surface area (Å²) in [6.07, 6.45) is 0. The number of nitriles is 1. The summed E-state index contributed by atoms with van der Waals surface area (Å²) in [4.78, 5) is 10.4. The zero-order valence-corrected chi connectivity index (χ0v) is 18.2. The van der Waals surface area contributed by atoms with Crippen LogP contribution in [0.4, 0.5) is 10.1 Å². The summed E-state index contributed by atoms with van der Waals surface area (Å²) in [5.74, 6) is -1.68. The molecule has 0 heterocycles. The van der Waals surface area contributed by atoms with Gasteiger partial charge in [0.1, 0.15) is 16.1 Å². The molecule has 0 spiro atoms. The Morgan fingerprint density at radius 3 is 2.21 bits per heavy atom. The van der Waals surface area contributed by atoms with E-state index in [2.05, 4.69) is 4.72 Å². The van der Waals surface area contributed by atoms with Gasteiger partial charge in [-0.3, -0.25) is 10.1 Å². The Morgan fingerprint density at radius 1 is 1.25 bits per heavy atom. The van der Waals surface area contributed by atoms with E-state index in [0.717, 1.165) is 18.2 Å². The first-order valence-corrected chi connectivity index (χ1v) is 11.0. The SMILES string of the molecule is CC(C)(C)[S@@+]([O-])N[C@@](C)(CS(=O)(=O)C(C)(C)C#N)c1cc([N+](=O)[O-])ccc1F. The van der Waals surface area contributed by atoms with Crippen LogP contribution >= 0.6 is 0 Å². The van der Waals surface area contributed by atoms with Crippen LogP contribution in [0, 0.1) is 27.3 Å². The van der Waals surface area contributed by atoms with Gasteiger partial charge >= 0.3 is 0 Å². The number of hydrogen-bond acceptors (Lipinski definition) is 7. The second-order valence-corrected chi connectivity index (χ2v) is 12.6. The van der Waals surface area contributed by atoms with Gasteiger partial charge in [-0.15, -0.1) is 4.72 Å². The third-order valence-corrected chi connectivity index (χ3v) is 8.51. The van der Waals surface area contributed by atoms with Gasteiger partial charge in [0.15, 0.2) is 14.6 Å². The number of nitrogens with zero attached hydrogens (tertiary/aromatic N) is 2. The van der Waals surface area contributed by atoms with Crippen LogP contribution in [-0.4, -0.2) is 33.1 Å². The highest BCUT2D eigenvalue weighted by atomic mass is 32.2. The average molecular weight is 434 g/mol. The van der Waals surface area contributed by atoms with Crippen LogP contribution in [0.25, 0.3) is 0 Å². The van der Waals surface area contributed by atoms with E-state index in [1.165, 1.54) is 20.8 Å². The van der Waals surface area contributed by atoms with Gasteiger partial charge in [0, 0.05) is 29.1 Å². The van der Waals surface area contributed by atoms with Crippen molar-refractivity contribution >= 4 is 26.9 Å². The predicted molar refractivity (Wildman–Crippen MR) is 105 cm³/mol. The summed E-state index contributed by atoms with van der Waals surface area (Å²) >= 11 is -1.83. The standard InChI is InChI=1S/C17H24FN3O5S2/c1-15(2,3)27(24)20-17(6,11-28(25,26)16(4,5)10-19)13-9-12(21(22)23)7-8-14(13)18/h7-9,20H,11H2,1-6H3/t17-,27+/m0/s1. The lowest BCUT2D eigenvalue weighted by atomic mass is 9.94. The van der Waals surface area contributed by atoms with E-state index in [4.69, 9.17) is 0 Å². The fraction of sp³-hybridized carbons (Fsp3) is 0.588. The zero-order chi connectivity index (χ0) is 22.1. The Bertz CT molecular complexity index is 906. The first-order chi connectivity index (χ1) is 12.5. The fourth-order valence-electron chi connectivity index (χ4n) is 2.20. The van der Waals surface area contributed by atoms with E-state index in [9.17, 15) is 32.7 Å². The number of benzene rings is 1. The molecule has 0 aromatic heterocycles. The van der Waals surface area contributed by atoms with Gasteiger partial charge in [0.25, 0.3) is 5.69 Å². The molecular formula is C17H24FN3O5S2. The number of halogens is 1. The van der Waals surface area contributed by atoms with Crippen molar-refractivity contribution in [1.29, 1.82) is 5.26 Å². The molecule has 0 amide bonds. The van der Waals surface area contributed by atoms with Crippen LogP contribution in [0.3, 0.4) is 0 Å². The molecule has 11 heteroatoms. The molecule has 0 fully saturated rings. The number of non-ortho nitro benzene ring substituents is 1. The maximum absolute atomic E-state index is 14.6. The number of rotatable bonds is 7. The van der Waals surface area contributed by atoms with Crippen molar-refractivity contribution in [3.63, 3.8) is 0 Å². The molecule has 1 rings (SSSR count). The van der Waals surface area contributed by atoms with Crippen LogP contribution in [0.2, 0.25) is 0 Å². The van der Waals surface area contributed by atoms with Crippen LogP contribution in [-0.2, 0) is 26.7 Å². The van der Waals surface area contributed by atoms with Crippen molar-refractivity contribution in [2.24, 2.45) is 0 Å². The molecule has 0 saturated heterocycles. The van der Waals surface area contributed by atoms with Crippen LogP contribution in [0.5, 0.6) is 0 Å². The lowest BCUT2D eigenvalue weighted by Gasteiger charge is -2.36. The molecule has 0 aliphatic heterocycles. The smallest absolute Gasteiger partial charge is 0.269 e. The van der Waals surface area contributed by atoms with Crippen molar-refractivity contribution in [3.8, 4) is 6.07 Å². The Labute approximate surface area is 167 Å². The Balaban J connectivity index is 3.65. The van der Waals surface area contributed by atoms with Gasteiger partial charge in [0.2, 0.25) is 0 Å². The zero-order valence-electron chi connectivity index (χ0n) is 16.6. The molecule has 0 saturated carbocycles. The van der Waals surface area contributed by atoms with Crippen LogP contribution < -0.4 is 4.72 Å². The molecule has 0 aliphatic rings. The Morgan fingerprint density at radius 2 is 1.79 bits per heavy atom. The summed E-state index contributed by atoms with van der Waals surface area (Å²) in [5.41, 5.74) is -2.55. The molecule has 1 aromatic carbocycles. The minimum Gasteiger partial charge on any atom is -0.598 e. The summed E-state index contributed by atoms with van der Waals surface area (Å²) in [6, 6.07) is 4.41. The molecule has 0 radical (unpaired) electrons. The van der Waals surface area contributed by atoms with E-state index in [0.29, 0.717) is 0 Å². The lowest BCUT2D eigenvalue weighted by molar-refractivity contribution is -0.385. The number of nitro benzene ring substituents is 1. The molecule has 8 nitrogen and oxygen atoms in total.